The van der Waals surface area contributed by atoms with Gasteiger partial charge in [0.15, 0.2) is 0 Å². The largest absolute Gasteiger partial charge is 0.345 e. The van der Waals surface area contributed by atoms with Gasteiger partial charge in [-0.2, -0.15) is 0 Å². The van der Waals surface area contributed by atoms with Crippen molar-refractivity contribution in [2.75, 3.05) is 0 Å². The van der Waals surface area contributed by atoms with E-state index in [1.807, 2.05) is 0 Å². The van der Waals surface area contributed by atoms with Gasteiger partial charge in [-0.05, 0) is 31.1 Å². The highest BCUT2D eigenvalue weighted by Gasteiger charge is 2.43. The Morgan fingerprint density at radius 2 is 2.20 bits per heavy atom. The maximum Gasteiger partial charge on any atom is 0.109 e. The SMILES string of the molecule is CCC(C)c1nc2c([nH]1)CC1C=C(C)C=CC2C1(C)C. The highest BCUT2D eigenvalue weighted by molar-refractivity contribution is 5.37. The molecule has 20 heavy (non-hydrogen) atoms. The van der Waals surface area contributed by atoms with E-state index in [2.05, 4.69) is 57.8 Å². The van der Waals surface area contributed by atoms with Crippen LogP contribution in [0, 0.1) is 11.3 Å². The molecule has 0 amide bonds. The number of hydrogen-bond donors (Lipinski definition) is 1. The lowest BCUT2D eigenvalue weighted by Crippen LogP contribution is -2.35. The molecular weight excluding hydrogens is 244 g/mol. The third-order valence-corrected chi connectivity index (χ3v) is 5.40. The van der Waals surface area contributed by atoms with Crippen LogP contribution in [0.25, 0.3) is 0 Å². The smallest absolute Gasteiger partial charge is 0.109 e. The number of nitrogens with zero attached hydrogens (tertiary/aromatic N) is 1. The fourth-order valence-electron chi connectivity index (χ4n) is 3.58. The van der Waals surface area contributed by atoms with E-state index in [1.165, 1.54) is 22.8 Å². The van der Waals surface area contributed by atoms with E-state index in [0.29, 0.717) is 17.8 Å². The topological polar surface area (TPSA) is 28.7 Å². The average molecular weight is 270 g/mol. The standard InChI is InChI=1S/C18H26N2/c1-6-12(3)17-19-15-10-13-9-11(2)7-8-14(16(15)20-17)18(13,4)5/h7-9,12-14H,6,10H2,1-5H3,(H,19,20). The van der Waals surface area contributed by atoms with Gasteiger partial charge in [-0.25, -0.2) is 4.98 Å². The van der Waals surface area contributed by atoms with E-state index in [4.69, 9.17) is 4.98 Å². The molecule has 0 fully saturated rings. The van der Waals surface area contributed by atoms with Crippen LogP contribution in [-0.4, -0.2) is 9.97 Å². The molecule has 2 aliphatic rings. The van der Waals surface area contributed by atoms with Crippen LogP contribution in [0.1, 0.15) is 70.1 Å². The van der Waals surface area contributed by atoms with Crippen molar-refractivity contribution in [2.24, 2.45) is 11.3 Å². The molecule has 0 radical (unpaired) electrons. The van der Waals surface area contributed by atoms with Crippen molar-refractivity contribution in [3.63, 3.8) is 0 Å². The summed E-state index contributed by atoms with van der Waals surface area (Å²) in [4.78, 5) is 8.59. The number of imidazole rings is 1. The lowest BCUT2D eigenvalue weighted by molar-refractivity contribution is 0.208. The fourth-order valence-corrected chi connectivity index (χ4v) is 3.58. The molecule has 1 aromatic heterocycles. The Labute approximate surface area is 122 Å². The first kappa shape index (κ1) is 13.7. The Kier molecular flexibility index (Phi) is 3.15. The maximum atomic E-state index is 4.97. The monoisotopic (exact) mass is 270 g/mol. The molecular formula is C18H26N2. The number of allylic oxidation sites excluding steroid dienone is 4. The molecule has 0 aromatic carbocycles. The number of rotatable bonds is 2. The molecule has 1 N–H and O–H groups in total. The van der Waals surface area contributed by atoms with E-state index < -0.39 is 0 Å². The Hall–Kier alpha value is -1.31. The number of nitrogens with one attached hydrogen (secondary N) is 1. The summed E-state index contributed by atoms with van der Waals surface area (Å²) in [5.74, 6) is 2.72. The van der Waals surface area contributed by atoms with E-state index >= 15 is 0 Å². The highest BCUT2D eigenvalue weighted by Crippen LogP contribution is 2.51. The Balaban J connectivity index is 2.09. The van der Waals surface area contributed by atoms with Gasteiger partial charge in [0.1, 0.15) is 5.82 Å². The zero-order valence-corrected chi connectivity index (χ0v) is 13.3. The van der Waals surface area contributed by atoms with Crippen LogP contribution in [0.3, 0.4) is 0 Å². The van der Waals surface area contributed by atoms with Crippen molar-refractivity contribution in [3.05, 3.63) is 41.0 Å². The number of fused-ring (bicyclic) bond motifs is 4. The molecule has 0 saturated heterocycles. The average Bonchev–Trinajstić information content (AvgIpc) is 2.78. The van der Waals surface area contributed by atoms with Gasteiger partial charge < -0.3 is 4.98 Å². The molecule has 3 rings (SSSR count). The van der Waals surface area contributed by atoms with Gasteiger partial charge in [0.05, 0.1) is 5.69 Å². The molecule has 1 aromatic rings. The van der Waals surface area contributed by atoms with Crippen molar-refractivity contribution < 1.29 is 0 Å². The Bertz CT molecular complexity index is 574. The van der Waals surface area contributed by atoms with Crippen LogP contribution in [0.5, 0.6) is 0 Å². The Morgan fingerprint density at radius 3 is 2.90 bits per heavy atom. The van der Waals surface area contributed by atoms with Crippen LogP contribution in [0.2, 0.25) is 0 Å². The van der Waals surface area contributed by atoms with Gasteiger partial charge >= 0.3 is 0 Å². The van der Waals surface area contributed by atoms with Gasteiger partial charge in [0.2, 0.25) is 0 Å². The minimum atomic E-state index is 0.253. The molecule has 0 aliphatic heterocycles. The molecule has 0 spiro atoms. The third-order valence-electron chi connectivity index (χ3n) is 5.40. The van der Waals surface area contributed by atoms with Gasteiger partial charge in [-0.15, -0.1) is 0 Å². The van der Waals surface area contributed by atoms with Crippen LogP contribution in [0.4, 0.5) is 0 Å². The van der Waals surface area contributed by atoms with Gasteiger partial charge in [0.25, 0.3) is 0 Å². The predicted octanol–water partition coefficient (Wildman–Crippen LogP) is 4.72. The number of hydrogen-bond acceptors (Lipinski definition) is 1. The molecule has 2 heteroatoms. The first-order chi connectivity index (χ1) is 9.43. The van der Waals surface area contributed by atoms with Gasteiger partial charge in [0, 0.05) is 17.5 Å². The highest BCUT2D eigenvalue weighted by atomic mass is 15.0. The normalized spacial score (nSPS) is 28.6. The van der Waals surface area contributed by atoms with Crippen molar-refractivity contribution in [2.45, 2.75) is 59.3 Å². The Morgan fingerprint density at radius 1 is 1.45 bits per heavy atom. The van der Waals surface area contributed by atoms with E-state index in [9.17, 15) is 0 Å². The quantitative estimate of drug-likeness (QED) is 0.827. The van der Waals surface area contributed by atoms with Gasteiger partial charge in [-0.3, -0.25) is 0 Å². The van der Waals surface area contributed by atoms with E-state index in [0.717, 1.165) is 12.8 Å². The van der Waals surface area contributed by atoms with Crippen molar-refractivity contribution in [1.82, 2.24) is 9.97 Å². The molecule has 3 atom stereocenters. The minimum absolute atomic E-state index is 0.253. The first-order valence-corrected chi connectivity index (χ1v) is 7.88. The summed E-state index contributed by atoms with van der Waals surface area (Å²) in [6.07, 6.45) is 9.33. The minimum Gasteiger partial charge on any atom is -0.345 e. The lowest BCUT2D eigenvalue weighted by Gasteiger charge is -2.41. The predicted molar refractivity (Wildman–Crippen MR) is 83.9 cm³/mol. The second-order valence-corrected chi connectivity index (χ2v) is 7.17. The number of aromatic nitrogens is 2. The molecule has 2 aliphatic carbocycles. The number of aromatic amines is 1. The molecule has 2 bridgehead atoms. The van der Waals surface area contributed by atoms with Crippen molar-refractivity contribution in [3.8, 4) is 0 Å². The second-order valence-electron chi connectivity index (χ2n) is 7.17. The van der Waals surface area contributed by atoms with E-state index in [1.54, 1.807) is 0 Å². The molecule has 108 valence electrons. The molecule has 0 saturated carbocycles. The molecule has 2 nitrogen and oxygen atoms in total. The summed E-state index contributed by atoms with van der Waals surface area (Å²) < 4.78 is 0. The molecule has 3 unspecified atom stereocenters. The van der Waals surface area contributed by atoms with Crippen molar-refractivity contribution in [1.29, 1.82) is 0 Å². The summed E-state index contributed by atoms with van der Waals surface area (Å²) in [5.41, 5.74) is 4.30. The van der Waals surface area contributed by atoms with Crippen LogP contribution in [0.15, 0.2) is 23.8 Å². The third kappa shape index (κ3) is 1.97. The second kappa shape index (κ2) is 4.61. The first-order valence-electron chi connectivity index (χ1n) is 7.88. The summed E-state index contributed by atoms with van der Waals surface area (Å²) >= 11 is 0. The maximum absolute atomic E-state index is 4.97. The molecule has 1 heterocycles. The zero-order chi connectivity index (χ0) is 14.5. The fraction of sp³-hybridized carbons (Fsp3) is 0.611. The van der Waals surface area contributed by atoms with E-state index in [-0.39, 0.29) is 5.41 Å². The van der Waals surface area contributed by atoms with Crippen LogP contribution in [-0.2, 0) is 6.42 Å². The summed E-state index contributed by atoms with van der Waals surface area (Å²) in [7, 11) is 0. The number of H-pyrrole nitrogens is 1. The zero-order valence-electron chi connectivity index (χ0n) is 13.3. The summed E-state index contributed by atoms with van der Waals surface area (Å²) in [6.45, 7) is 11.5. The van der Waals surface area contributed by atoms with Crippen molar-refractivity contribution >= 4 is 0 Å². The lowest BCUT2D eigenvalue weighted by atomic mass is 9.63. The summed E-state index contributed by atoms with van der Waals surface area (Å²) in [6, 6.07) is 0. The van der Waals surface area contributed by atoms with Crippen LogP contribution < -0.4 is 0 Å². The summed E-state index contributed by atoms with van der Waals surface area (Å²) in [5, 5.41) is 0. The van der Waals surface area contributed by atoms with Gasteiger partial charge in [-0.1, -0.05) is 51.5 Å². The van der Waals surface area contributed by atoms with Crippen LogP contribution >= 0.6 is 0 Å².